The van der Waals surface area contributed by atoms with Gasteiger partial charge in [0.15, 0.2) is 0 Å². The van der Waals surface area contributed by atoms with Crippen LogP contribution in [0.15, 0.2) is 18.3 Å². The molecule has 2 aromatic rings. The number of amides is 1. The maximum atomic E-state index is 12.7. The van der Waals surface area contributed by atoms with Crippen molar-refractivity contribution >= 4 is 17.7 Å². The fourth-order valence-corrected chi connectivity index (χ4v) is 5.44. The Hall–Kier alpha value is -2.94. The van der Waals surface area contributed by atoms with Crippen LogP contribution in [0.4, 0.5) is 5.82 Å². The van der Waals surface area contributed by atoms with E-state index in [9.17, 15) is 14.7 Å². The lowest BCUT2D eigenvalue weighted by atomic mass is 9.79. The van der Waals surface area contributed by atoms with Gasteiger partial charge in [0, 0.05) is 43.3 Å². The van der Waals surface area contributed by atoms with Gasteiger partial charge in [0.05, 0.1) is 12.3 Å². The average molecular weight is 482 g/mol. The largest absolute Gasteiger partial charge is 0.480 e. The van der Waals surface area contributed by atoms with Crippen LogP contribution >= 0.6 is 0 Å². The van der Waals surface area contributed by atoms with Crippen LogP contribution in [-0.4, -0.2) is 57.5 Å². The van der Waals surface area contributed by atoms with Crippen molar-refractivity contribution in [2.24, 2.45) is 11.8 Å². The number of H-pyrrole nitrogens is 1. The van der Waals surface area contributed by atoms with Crippen LogP contribution in [-0.2, 0) is 40.0 Å². The number of aromatic amines is 1. The van der Waals surface area contributed by atoms with Gasteiger partial charge in [0.2, 0.25) is 5.91 Å². The van der Waals surface area contributed by atoms with Gasteiger partial charge >= 0.3 is 5.97 Å². The summed E-state index contributed by atoms with van der Waals surface area (Å²) in [5, 5.41) is 22.7. The summed E-state index contributed by atoms with van der Waals surface area (Å²) in [6.45, 7) is 1.34. The predicted octanol–water partition coefficient (Wildman–Crippen LogP) is 2.66. The van der Waals surface area contributed by atoms with Crippen LogP contribution in [0, 0.1) is 11.8 Å². The summed E-state index contributed by atoms with van der Waals surface area (Å²) in [5.41, 5.74) is 4.58. The fraction of sp³-hybridized carbons (Fsp3) is 0.615. The van der Waals surface area contributed by atoms with Crippen molar-refractivity contribution in [3.05, 3.63) is 40.8 Å². The van der Waals surface area contributed by atoms with Gasteiger partial charge in [-0.2, -0.15) is 5.10 Å². The van der Waals surface area contributed by atoms with E-state index in [1.165, 1.54) is 12.0 Å². The number of hydrogen-bond acceptors (Lipinski definition) is 6. The molecule has 0 radical (unpaired) electrons. The number of carboxylic acid groups (broad SMARTS) is 1. The van der Waals surface area contributed by atoms with E-state index < -0.39 is 12.0 Å². The van der Waals surface area contributed by atoms with Crippen molar-refractivity contribution < 1.29 is 19.4 Å². The zero-order chi connectivity index (χ0) is 24.2. The third-order valence-corrected chi connectivity index (χ3v) is 7.72. The van der Waals surface area contributed by atoms with E-state index in [4.69, 9.17) is 9.72 Å². The lowest BCUT2D eigenvalue weighted by molar-refractivity contribution is -0.143. The molecule has 188 valence electrons. The third-order valence-electron chi connectivity index (χ3n) is 7.72. The molecule has 5 rings (SSSR count). The van der Waals surface area contributed by atoms with E-state index in [1.807, 2.05) is 0 Å². The molecule has 9 nitrogen and oxygen atoms in total. The molecule has 1 amide bonds. The molecule has 2 aromatic heterocycles. The molecule has 1 aliphatic heterocycles. The first kappa shape index (κ1) is 23.8. The van der Waals surface area contributed by atoms with Crippen molar-refractivity contribution in [1.29, 1.82) is 0 Å². The summed E-state index contributed by atoms with van der Waals surface area (Å²) in [4.78, 5) is 29.1. The number of nitrogens with one attached hydrogen (secondary N) is 3. The van der Waals surface area contributed by atoms with Crippen LogP contribution in [0.25, 0.3) is 0 Å². The second-order valence-electron chi connectivity index (χ2n) is 10.2. The zero-order valence-corrected chi connectivity index (χ0v) is 20.1. The van der Waals surface area contributed by atoms with Gasteiger partial charge in [0.25, 0.3) is 0 Å². The molecular formula is C26H35N5O4. The number of aryl methyl sites for hydroxylation is 3. The maximum absolute atomic E-state index is 12.7. The Bertz CT molecular complexity index is 1050. The van der Waals surface area contributed by atoms with Crippen LogP contribution in [0.1, 0.15) is 61.0 Å². The van der Waals surface area contributed by atoms with Gasteiger partial charge in [-0.15, -0.1) is 0 Å². The molecule has 0 aromatic carbocycles. The number of carboxylic acids is 1. The summed E-state index contributed by atoms with van der Waals surface area (Å²) in [6, 6.07) is 3.43. The minimum Gasteiger partial charge on any atom is -0.480 e. The first-order valence-corrected chi connectivity index (χ1v) is 12.9. The molecule has 0 spiro atoms. The molecule has 2 aliphatic carbocycles. The Balaban J connectivity index is 0.993. The standard InChI is InChI=1S/C26H35N5O4/c32-25(18-4-5-19-15-28-31-23(19)14-18)30-22(26(33)34)9-11-35-21-12-16(13-21)3-7-20-8-6-17-2-1-10-27-24(17)29-20/h6,8,15-16,18,21-22H,1-5,7,9-14H2,(H,27,29)(H,28,31)(H,30,32)(H,33,34)/t16?,18-,21?,22-/m1/s1. The molecule has 1 fully saturated rings. The molecule has 2 atom stereocenters. The highest BCUT2D eigenvalue weighted by Gasteiger charge is 2.32. The van der Waals surface area contributed by atoms with Crippen LogP contribution < -0.4 is 10.6 Å². The zero-order valence-electron chi connectivity index (χ0n) is 20.1. The normalized spacial score (nSPS) is 23.8. The highest BCUT2D eigenvalue weighted by molar-refractivity contribution is 5.85. The first-order valence-electron chi connectivity index (χ1n) is 12.9. The van der Waals surface area contributed by atoms with Gasteiger partial charge in [-0.25, -0.2) is 9.78 Å². The molecule has 4 N–H and O–H groups in total. The second-order valence-corrected chi connectivity index (χ2v) is 10.2. The molecule has 35 heavy (non-hydrogen) atoms. The Kier molecular flexibility index (Phi) is 7.32. The monoisotopic (exact) mass is 481 g/mol. The van der Waals surface area contributed by atoms with Gasteiger partial charge < -0.3 is 20.5 Å². The van der Waals surface area contributed by atoms with Crippen LogP contribution in [0.2, 0.25) is 0 Å². The van der Waals surface area contributed by atoms with Gasteiger partial charge in [-0.3, -0.25) is 9.89 Å². The third kappa shape index (κ3) is 5.83. The molecule has 0 bridgehead atoms. The van der Waals surface area contributed by atoms with Gasteiger partial charge in [0.1, 0.15) is 11.9 Å². The van der Waals surface area contributed by atoms with E-state index in [-0.39, 0.29) is 24.3 Å². The minimum absolute atomic E-state index is 0.181. The number of carbonyl (C=O) groups excluding carboxylic acids is 1. The Morgan fingerprint density at radius 1 is 1.23 bits per heavy atom. The molecule has 0 saturated heterocycles. The number of aromatic nitrogens is 3. The lowest BCUT2D eigenvalue weighted by Crippen LogP contribution is -2.45. The topological polar surface area (TPSA) is 129 Å². The highest BCUT2D eigenvalue weighted by Crippen LogP contribution is 2.34. The molecular weight excluding hydrogens is 446 g/mol. The van der Waals surface area contributed by atoms with Crippen molar-refractivity contribution in [2.45, 2.75) is 76.4 Å². The summed E-state index contributed by atoms with van der Waals surface area (Å²) in [5.74, 6) is 0.238. The van der Waals surface area contributed by atoms with Gasteiger partial charge in [-0.05, 0) is 74.5 Å². The summed E-state index contributed by atoms with van der Waals surface area (Å²) >= 11 is 0. The van der Waals surface area contributed by atoms with Crippen molar-refractivity contribution in [3.63, 3.8) is 0 Å². The van der Waals surface area contributed by atoms with E-state index >= 15 is 0 Å². The smallest absolute Gasteiger partial charge is 0.326 e. The van der Waals surface area contributed by atoms with E-state index in [2.05, 4.69) is 33.0 Å². The number of fused-ring (bicyclic) bond motifs is 2. The number of anilines is 1. The van der Waals surface area contributed by atoms with Crippen molar-refractivity contribution in [2.75, 3.05) is 18.5 Å². The Morgan fingerprint density at radius 2 is 2.11 bits per heavy atom. The summed E-state index contributed by atoms with van der Waals surface area (Å²) in [7, 11) is 0. The van der Waals surface area contributed by atoms with E-state index in [1.54, 1.807) is 6.20 Å². The average Bonchev–Trinajstić information content (AvgIpc) is 3.31. The Labute approximate surface area is 205 Å². The second kappa shape index (κ2) is 10.8. The predicted molar refractivity (Wildman–Crippen MR) is 130 cm³/mol. The van der Waals surface area contributed by atoms with Crippen molar-refractivity contribution in [1.82, 2.24) is 20.5 Å². The number of rotatable bonds is 10. The highest BCUT2D eigenvalue weighted by atomic mass is 16.5. The number of hydrogen-bond donors (Lipinski definition) is 4. The Morgan fingerprint density at radius 3 is 2.97 bits per heavy atom. The lowest BCUT2D eigenvalue weighted by Gasteiger charge is -2.35. The SMILES string of the molecule is O=C(N[C@H](CCOC1CC(CCc2ccc3c(n2)NCCC3)C1)C(=O)O)[C@@H]1CCc2cn[nH]c2C1. The molecule has 1 saturated carbocycles. The number of nitrogens with zero attached hydrogens (tertiary/aromatic N) is 2. The quantitative estimate of drug-likeness (QED) is 0.411. The molecule has 9 heteroatoms. The number of carbonyl (C=O) groups is 2. The van der Waals surface area contributed by atoms with Crippen molar-refractivity contribution in [3.8, 4) is 0 Å². The summed E-state index contributed by atoms with van der Waals surface area (Å²) < 4.78 is 5.92. The maximum Gasteiger partial charge on any atom is 0.326 e. The minimum atomic E-state index is -1.02. The van der Waals surface area contributed by atoms with Crippen LogP contribution in [0.3, 0.4) is 0 Å². The number of ether oxygens (including phenoxy) is 1. The fourth-order valence-electron chi connectivity index (χ4n) is 5.44. The number of pyridine rings is 1. The van der Waals surface area contributed by atoms with Gasteiger partial charge in [-0.1, -0.05) is 6.07 Å². The number of aliphatic carboxylic acids is 1. The molecule has 0 unspecified atom stereocenters. The first-order chi connectivity index (χ1) is 17.0. The van der Waals surface area contributed by atoms with E-state index in [0.29, 0.717) is 25.4 Å². The van der Waals surface area contributed by atoms with Crippen LogP contribution in [0.5, 0.6) is 0 Å². The molecule has 3 heterocycles. The van der Waals surface area contributed by atoms with E-state index in [0.717, 1.165) is 67.8 Å². The summed E-state index contributed by atoms with van der Waals surface area (Å²) in [6.07, 6.45) is 10.7. The molecule has 3 aliphatic rings.